The summed E-state index contributed by atoms with van der Waals surface area (Å²) in [5.74, 6) is -1.59. The molecule has 2 rings (SSSR count). The molecule has 20 heavy (non-hydrogen) atoms. The molecule has 2 N–H and O–H groups in total. The summed E-state index contributed by atoms with van der Waals surface area (Å²) >= 11 is 0. The van der Waals surface area contributed by atoms with Crippen molar-refractivity contribution >= 4 is 17.6 Å². The molecular formula is C12H10N4O4. The first-order chi connectivity index (χ1) is 9.56. The highest BCUT2D eigenvalue weighted by Gasteiger charge is 2.07. The topological polar surface area (TPSA) is 114 Å². The number of nitrogens with zero attached hydrogens (tertiary/aromatic N) is 3. The molecule has 0 atom stereocenters. The quantitative estimate of drug-likeness (QED) is 0.809. The van der Waals surface area contributed by atoms with Crippen LogP contribution >= 0.6 is 0 Å². The number of carboxylic acid groups (broad SMARTS) is 1. The van der Waals surface area contributed by atoms with Crippen LogP contribution in [0.3, 0.4) is 0 Å². The summed E-state index contributed by atoms with van der Waals surface area (Å²) in [5, 5.41) is 11.2. The number of carbonyl (C=O) groups is 2. The van der Waals surface area contributed by atoms with Crippen molar-refractivity contribution in [2.45, 2.75) is 6.54 Å². The molecule has 0 radical (unpaired) electrons. The third kappa shape index (κ3) is 3.25. The van der Waals surface area contributed by atoms with Crippen LogP contribution in [0, 0.1) is 0 Å². The fourth-order valence-electron chi connectivity index (χ4n) is 1.46. The fourth-order valence-corrected chi connectivity index (χ4v) is 1.46. The van der Waals surface area contributed by atoms with Gasteiger partial charge < -0.3 is 10.4 Å². The van der Waals surface area contributed by atoms with Gasteiger partial charge in [-0.1, -0.05) is 0 Å². The Morgan fingerprint density at radius 2 is 2.10 bits per heavy atom. The van der Waals surface area contributed by atoms with Crippen molar-refractivity contribution in [2.75, 3.05) is 5.32 Å². The number of aromatic carboxylic acids is 1. The third-order valence-electron chi connectivity index (χ3n) is 2.36. The Labute approximate surface area is 112 Å². The maximum absolute atomic E-state index is 11.7. The van der Waals surface area contributed by atoms with Gasteiger partial charge in [0.1, 0.15) is 12.2 Å². The van der Waals surface area contributed by atoms with Gasteiger partial charge in [-0.25, -0.2) is 19.6 Å². The summed E-state index contributed by atoms with van der Waals surface area (Å²) in [4.78, 5) is 40.8. The smallest absolute Gasteiger partial charge is 0.354 e. The van der Waals surface area contributed by atoms with Crippen molar-refractivity contribution in [2.24, 2.45) is 0 Å². The summed E-state index contributed by atoms with van der Waals surface area (Å²) in [5.41, 5.74) is -0.301. The average molecular weight is 274 g/mol. The molecule has 0 saturated carbocycles. The van der Waals surface area contributed by atoms with E-state index in [1.54, 1.807) is 0 Å². The Bertz CT molecular complexity index is 693. The highest BCUT2D eigenvalue weighted by Crippen LogP contribution is 2.06. The minimum absolute atomic E-state index is 0.119. The highest BCUT2D eigenvalue weighted by atomic mass is 16.4. The predicted octanol–water partition coefficient (Wildman–Crippen LogP) is -0.0248. The van der Waals surface area contributed by atoms with E-state index in [4.69, 9.17) is 5.11 Å². The number of pyridine rings is 1. The number of nitrogens with one attached hydrogen (secondary N) is 1. The zero-order valence-corrected chi connectivity index (χ0v) is 10.2. The first kappa shape index (κ1) is 13.4. The van der Waals surface area contributed by atoms with Crippen molar-refractivity contribution in [1.82, 2.24) is 14.5 Å². The number of aromatic nitrogens is 3. The highest BCUT2D eigenvalue weighted by molar-refractivity contribution is 5.91. The maximum Gasteiger partial charge on any atom is 0.354 e. The average Bonchev–Trinajstić information content (AvgIpc) is 2.42. The fraction of sp³-hybridized carbons (Fsp3) is 0.0833. The van der Waals surface area contributed by atoms with Crippen LogP contribution in [-0.2, 0) is 11.3 Å². The van der Waals surface area contributed by atoms with Gasteiger partial charge in [0, 0.05) is 12.4 Å². The summed E-state index contributed by atoms with van der Waals surface area (Å²) in [7, 11) is 0. The lowest BCUT2D eigenvalue weighted by Gasteiger charge is -2.06. The van der Waals surface area contributed by atoms with Crippen LogP contribution < -0.4 is 11.0 Å². The molecule has 2 heterocycles. The van der Waals surface area contributed by atoms with Crippen LogP contribution in [0.15, 0.2) is 41.6 Å². The Morgan fingerprint density at radius 1 is 1.30 bits per heavy atom. The maximum atomic E-state index is 11.7. The molecule has 8 heteroatoms. The summed E-state index contributed by atoms with van der Waals surface area (Å²) in [6.45, 7) is -0.187. The zero-order chi connectivity index (χ0) is 14.5. The van der Waals surface area contributed by atoms with Crippen molar-refractivity contribution in [3.8, 4) is 0 Å². The first-order valence-corrected chi connectivity index (χ1v) is 5.57. The molecule has 1 amide bonds. The van der Waals surface area contributed by atoms with Gasteiger partial charge in [0.25, 0.3) is 0 Å². The number of rotatable bonds is 4. The van der Waals surface area contributed by atoms with Gasteiger partial charge in [-0.3, -0.25) is 9.36 Å². The molecule has 8 nitrogen and oxygen atoms in total. The molecular weight excluding hydrogens is 264 g/mol. The number of hydrogen-bond donors (Lipinski definition) is 2. The van der Waals surface area contributed by atoms with Gasteiger partial charge in [-0.05, 0) is 18.2 Å². The minimum atomic E-state index is -1.15. The molecule has 0 fully saturated rings. The third-order valence-corrected chi connectivity index (χ3v) is 2.36. The Morgan fingerprint density at radius 3 is 2.70 bits per heavy atom. The second-order valence-electron chi connectivity index (χ2n) is 3.82. The minimum Gasteiger partial charge on any atom is -0.477 e. The molecule has 0 aromatic carbocycles. The van der Waals surface area contributed by atoms with E-state index >= 15 is 0 Å². The van der Waals surface area contributed by atoms with E-state index in [0.717, 1.165) is 4.57 Å². The molecule has 0 aliphatic carbocycles. The van der Waals surface area contributed by atoms with Crippen molar-refractivity contribution in [3.05, 3.63) is 53.0 Å². The van der Waals surface area contributed by atoms with Crippen LogP contribution in [0.5, 0.6) is 0 Å². The SMILES string of the molecule is O=C(Cn1cccnc1=O)Nc1ccc(C(=O)O)nc1. The molecule has 102 valence electrons. The van der Waals surface area contributed by atoms with Gasteiger partial charge >= 0.3 is 11.7 Å². The Kier molecular flexibility index (Phi) is 3.85. The van der Waals surface area contributed by atoms with E-state index in [0.29, 0.717) is 5.69 Å². The second kappa shape index (κ2) is 5.74. The number of carboxylic acids is 1. The summed E-state index contributed by atoms with van der Waals surface area (Å²) < 4.78 is 1.15. The molecule has 2 aromatic heterocycles. The lowest BCUT2D eigenvalue weighted by atomic mass is 10.3. The van der Waals surface area contributed by atoms with Gasteiger partial charge in [0.05, 0.1) is 11.9 Å². The number of hydrogen-bond acceptors (Lipinski definition) is 5. The normalized spacial score (nSPS) is 10.0. The molecule has 0 bridgehead atoms. The molecule has 0 spiro atoms. The van der Waals surface area contributed by atoms with E-state index < -0.39 is 17.6 Å². The Balaban J connectivity index is 2.03. The van der Waals surface area contributed by atoms with Gasteiger partial charge in [0.15, 0.2) is 0 Å². The standard InChI is InChI=1S/C12H10N4O4/c17-10(7-16-5-1-4-13-12(16)20)15-8-2-3-9(11(18)19)14-6-8/h1-6H,7H2,(H,15,17)(H,18,19). The molecule has 0 saturated heterocycles. The summed E-state index contributed by atoms with van der Waals surface area (Å²) in [6, 6.07) is 4.23. The van der Waals surface area contributed by atoms with Crippen LogP contribution in [-0.4, -0.2) is 31.5 Å². The lowest BCUT2D eigenvalue weighted by molar-refractivity contribution is -0.116. The largest absolute Gasteiger partial charge is 0.477 e. The first-order valence-electron chi connectivity index (χ1n) is 5.57. The molecule has 0 aliphatic rings. The molecule has 0 unspecified atom stereocenters. The van der Waals surface area contributed by atoms with E-state index in [2.05, 4.69) is 15.3 Å². The van der Waals surface area contributed by atoms with Gasteiger partial charge in [-0.15, -0.1) is 0 Å². The number of amides is 1. The predicted molar refractivity (Wildman–Crippen MR) is 68.3 cm³/mol. The second-order valence-corrected chi connectivity index (χ2v) is 3.82. The van der Waals surface area contributed by atoms with Gasteiger partial charge in [0.2, 0.25) is 5.91 Å². The van der Waals surface area contributed by atoms with Crippen LogP contribution in [0.25, 0.3) is 0 Å². The zero-order valence-electron chi connectivity index (χ0n) is 10.2. The van der Waals surface area contributed by atoms with Gasteiger partial charge in [-0.2, -0.15) is 0 Å². The van der Waals surface area contributed by atoms with Crippen molar-refractivity contribution < 1.29 is 14.7 Å². The number of carbonyl (C=O) groups excluding carboxylic acids is 1. The van der Waals surface area contributed by atoms with E-state index in [1.807, 2.05) is 0 Å². The van der Waals surface area contributed by atoms with E-state index in [-0.39, 0.29) is 12.2 Å². The number of anilines is 1. The molecule has 2 aromatic rings. The van der Waals surface area contributed by atoms with Crippen LogP contribution in [0.4, 0.5) is 5.69 Å². The van der Waals surface area contributed by atoms with E-state index in [9.17, 15) is 14.4 Å². The van der Waals surface area contributed by atoms with Crippen LogP contribution in [0.1, 0.15) is 10.5 Å². The van der Waals surface area contributed by atoms with Crippen molar-refractivity contribution in [1.29, 1.82) is 0 Å². The summed E-state index contributed by atoms with van der Waals surface area (Å²) in [6.07, 6.45) is 4.01. The van der Waals surface area contributed by atoms with Crippen LogP contribution in [0.2, 0.25) is 0 Å². The van der Waals surface area contributed by atoms with Crippen molar-refractivity contribution in [3.63, 3.8) is 0 Å². The monoisotopic (exact) mass is 274 g/mol. The van der Waals surface area contributed by atoms with E-state index in [1.165, 1.54) is 36.8 Å². The lowest BCUT2D eigenvalue weighted by Crippen LogP contribution is -2.28. The molecule has 0 aliphatic heterocycles. The Hall–Kier alpha value is -3.03.